The SMILES string of the molecule is Cc1ccc2c(c1)nc1n2CC(C)CC1. The highest BCUT2D eigenvalue weighted by atomic mass is 15.1. The molecule has 0 radical (unpaired) electrons. The second-order valence-electron chi connectivity index (χ2n) is 4.77. The summed E-state index contributed by atoms with van der Waals surface area (Å²) in [7, 11) is 0. The Morgan fingerprint density at radius 2 is 2.27 bits per heavy atom. The zero-order valence-electron chi connectivity index (χ0n) is 9.33. The van der Waals surface area contributed by atoms with Crippen LogP contribution in [0.2, 0.25) is 0 Å². The first-order valence-corrected chi connectivity index (χ1v) is 5.70. The third-order valence-electron chi connectivity index (χ3n) is 3.34. The number of hydrogen-bond donors (Lipinski definition) is 0. The Morgan fingerprint density at radius 3 is 3.13 bits per heavy atom. The minimum atomic E-state index is 0.788. The molecule has 1 atom stereocenters. The van der Waals surface area contributed by atoms with E-state index in [0.717, 1.165) is 18.9 Å². The summed E-state index contributed by atoms with van der Waals surface area (Å²) in [5.41, 5.74) is 3.77. The van der Waals surface area contributed by atoms with Gasteiger partial charge >= 0.3 is 0 Å². The Morgan fingerprint density at radius 1 is 1.40 bits per heavy atom. The highest BCUT2D eigenvalue weighted by molar-refractivity contribution is 5.77. The van der Waals surface area contributed by atoms with E-state index in [4.69, 9.17) is 4.98 Å². The lowest BCUT2D eigenvalue weighted by atomic mass is 10.0. The molecular weight excluding hydrogens is 184 g/mol. The van der Waals surface area contributed by atoms with Crippen LogP contribution in [0.15, 0.2) is 18.2 Å². The average molecular weight is 200 g/mol. The first-order chi connectivity index (χ1) is 7.24. The smallest absolute Gasteiger partial charge is 0.109 e. The van der Waals surface area contributed by atoms with Crippen LogP contribution in [0.25, 0.3) is 11.0 Å². The monoisotopic (exact) mass is 200 g/mol. The topological polar surface area (TPSA) is 17.8 Å². The molecule has 0 aliphatic carbocycles. The molecule has 0 fully saturated rings. The second kappa shape index (κ2) is 3.09. The Labute approximate surface area is 89.9 Å². The van der Waals surface area contributed by atoms with Crippen molar-refractivity contribution in [2.24, 2.45) is 5.92 Å². The van der Waals surface area contributed by atoms with Crippen molar-refractivity contribution < 1.29 is 0 Å². The van der Waals surface area contributed by atoms with Gasteiger partial charge in [-0.1, -0.05) is 13.0 Å². The van der Waals surface area contributed by atoms with Crippen LogP contribution < -0.4 is 0 Å². The van der Waals surface area contributed by atoms with Gasteiger partial charge in [-0.2, -0.15) is 0 Å². The fourth-order valence-corrected chi connectivity index (χ4v) is 2.46. The maximum Gasteiger partial charge on any atom is 0.109 e. The van der Waals surface area contributed by atoms with Gasteiger partial charge in [-0.05, 0) is 37.0 Å². The van der Waals surface area contributed by atoms with Crippen molar-refractivity contribution in [3.8, 4) is 0 Å². The van der Waals surface area contributed by atoms with Gasteiger partial charge in [-0.25, -0.2) is 4.98 Å². The van der Waals surface area contributed by atoms with Gasteiger partial charge < -0.3 is 4.57 Å². The molecule has 2 heteroatoms. The molecule has 15 heavy (non-hydrogen) atoms. The van der Waals surface area contributed by atoms with Crippen LogP contribution in [0.5, 0.6) is 0 Å². The summed E-state index contributed by atoms with van der Waals surface area (Å²) in [4.78, 5) is 4.71. The average Bonchev–Trinajstić information content (AvgIpc) is 2.54. The van der Waals surface area contributed by atoms with Crippen LogP contribution in [0.3, 0.4) is 0 Å². The van der Waals surface area contributed by atoms with Gasteiger partial charge in [0.1, 0.15) is 5.82 Å². The highest BCUT2D eigenvalue weighted by Crippen LogP contribution is 2.25. The van der Waals surface area contributed by atoms with E-state index in [1.807, 2.05) is 0 Å². The van der Waals surface area contributed by atoms with Gasteiger partial charge in [-0.3, -0.25) is 0 Å². The number of aryl methyl sites for hydroxylation is 2. The molecule has 0 amide bonds. The van der Waals surface area contributed by atoms with Crippen molar-refractivity contribution in [1.82, 2.24) is 9.55 Å². The molecule has 1 aliphatic heterocycles. The van der Waals surface area contributed by atoms with Gasteiger partial charge in [-0.15, -0.1) is 0 Å². The van der Waals surface area contributed by atoms with Crippen molar-refractivity contribution in [2.45, 2.75) is 33.2 Å². The van der Waals surface area contributed by atoms with E-state index in [1.165, 1.54) is 28.8 Å². The van der Waals surface area contributed by atoms with Crippen LogP contribution in [0, 0.1) is 12.8 Å². The van der Waals surface area contributed by atoms with E-state index >= 15 is 0 Å². The standard InChI is InChI=1S/C13H16N2/c1-9-3-5-12-11(7-9)14-13-6-4-10(2)8-15(12)13/h3,5,7,10H,4,6,8H2,1-2H3. The Hall–Kier alpha value is -1.31. The normalized spacial score (nSPS) is 20.5. The van der Waals surface area contributed by atoms with Crippen LogP contribution >= 0.6 is 0 Å². The number of imidazole rings is 1. The largest absolute Gasteiger partial charge is 0.328 e. The fourth-order valence-electron chi connectivity index (χ4n) is 2.46. The van der Waals surface area contributed by atoms with Crippen molar-refractivity contribution in [2.75, 3.05) is 0 Å². The Balaban J connectivity index is 2.24. The molecule has 1 aromatic carbocycles. The molecule has 1 aromatic heterocycles. The number of fused-ring (bicyclic) bond motifs is 3. The number of hydrogen-bond acceptors (Lipinski definition) is 1. The molecule has 78 valence electrons. The maximum atomic E-state index is 4.71. The van der Waals surface area contributed by atoms with E-state index in [9.17, 15) is 0 Å². The number of benzene rings is 1. The van der Waals surface area contributed by atoms with E-state index in [-0.39, 0.29) is 0 Å². The van der Waals surface area contributed by atoms with Crippen LogP contribution in [0.4, 0.5) is 0 Å². The molecule has 2 nitrogen and oxygen atoms in total. The minimum absolute atomic E-state index is 0.788. The lowest BCUT2D eigenvalue weighted by molar-refractivity contribution is 0.400. The van der Waals surface area contributed by atoms with Crippen LogP contribution in [-0.4, -0.2) is 9.55 Å². The Bertz CT molecular complexity index is 510. The summed E-state index contributed by atoms with van der Waals surface area (Å²) in [5, 5.41) is 0. The molecule has 1 unspecified atom stereocenters. The van der Waals surface area contributed by atoms with Gasteiger partial charge in [0.05, 0.1) is 11.0 Å². The number of aromatic nitrogens is 2. The fraction of sp³-hybridized carbons (Fsp3) is 0.462. The molecule has 0 saturated carbocycles. The predicted octanol–water partition coefficient (Wildman–Crippen LogP) is 2.93. The van der Waals surface area contributed by atoms with E-state index < -0.39 is 0 Å². The molecule has 0 bridgehead atoms. The number of nitrogens with zero attached hydrogens (tertiary/aromatic N) is 2. The van der Waals surface area contributed by atoms with Crippen molar-refractivity contribution in [1.29, 1.82) is 0 Å². The lowest BCUT2D eigenvalue weighted by Gasteiger charge is -2.20. The minimum Gasteiger partial charge on any atom is -0.328 e. The molecular formula is C13H16N2. The molecule has 2 aromatic rings. The first-order valence-electron chi connectivity index (χ1n) is 5.70. The molecule has 3 rings (SSSR count). The summed E-state index contributed by atoms with van der Waals surface area (Å²) >= 11 is 0. The van der Waals surface area contributed by atoms with Gasteiger partial charge in [0.2, 0.25) is 0 Å². The quantitative estimate of drug-likeness (QED) is 0.639. The molecule has 1 aliphatic rings. The first kappa shape index (κ1) is 8.96. The zero-order valence-corrected chi connectivity index (χ0v) is 9.33. The highest BCUT2D eigenvalue weighted by Gasteiger charge is 2.18. The van der Waals surface area contributed by atoms with Gasteiger partial charge in [0, 0.05) is 13.0 Å². The van der Waals surface area contributed by atoms with E-state index in [2.05, 4.69) is 36.6 Å². The molecule has 0 spiro atoms. The Kier molecular flexibility index (Phi) is 1.84. The number of rotatable bonds is 0. The summed E-state index contributed by atoms with van der Waals surface area (Å²) in [6, 6.07) is 6.57. The van der Waals surface area contributed by atoms with Crippen molar-refractivity contribution >= 4 is 11.0 Å². The summed E-state index contributed by atoms with van der Waals surface area (Å²) < 4.78 is 2.39. The van der Waals surface area contributed by atoms with E-state index in [1.54, 1.807) is 0 Å². The lowest BCUT2D eigenvalue weighted by Crippen LogP contribution is -2.17. The van der Waals surface area contributed by atoms with Gasteiger partial charge in [0.25, 0.3) is 0 Å². The predicted molar refractivity (Wildman–Crippen MR) is 62.0 cm³/mol. The molecule has 2 heterocycles. The zero-order chi connectivity index (χ0) is 10.4. The van der Waals surface area contributed by atoms with Crippen molar-refractivity contribution in [3.05, 3.63) is 29.6 Å². The van der Waals surface area contributed by atoms with Crippen LogP contribution in [-0.2, 0) is 13.0 Å². The second-order valence-corrected chi connectivity index (χ2v) is 4.77. The van der Waals surface area contributed by atoms with E-state index in [0.29, 0.717) is 0 Å². The summed E-state index contributed by atoms with van der Waals surface area (Å²) in [6.45, 7) is 5.58. The third-order valence-corrected chi connectivity index (χ3v) is 3.34. The molecule has 0 N–H and O–H groups in total. The third kappa shape index (κ3) is 1.36. The molecule has 0 saturated heterocycles. The summed E-state index contributed by atoms with van der Waals surface area (Å²) in [6.07, 6.45) is 2.41. The summed E-state index contributed by atoms with van der Waals surface area (Å²) in [5.74, 6) is 2.06. The van der Waals surface area contributed by atoms with Crippen molar-refractivity contribution in [3.63, 3.8) is 0 Å². The maximum absolute atomic E-state index is 4.71. The van der Waals surface area contributed by atoms with Crippen LogP contribution in [0.1, 0.15) is 24.7 Å². The van der Waals surface area contributed by atoms with Gasteiger partial charge in [0.15, 0.2) is 0 Å².